The van der Waals surface area contributed by atoms with E-state index in [0.29, 0.717) is 0 Å². The summed E-state index contributed by atoms with van der Waals surface area (Å²) in [7, 11) is 0. The van der Waals surface area contributed by atoms with E-state index >= 15 is 0 Å². The molecule has 1 heterocycles. The van der Waals surface area contributed by atoms with E-state index in [4.69, 9.17) is 4.42 Å². The normalized spacial score (nSPS) is 11.5. The van der Waals surface area contributed by atoms with Crippen molar-refractivity contribution in [1.29, 1.82) is 0 Å². The average molecular weight is 790 g/mol. The molecule has 2 heteroatoms. The molecule has 0 bridgehead atoms. The number of furan rings is 1. The summed E-state index contributed by atoms with van der Waals surface area (Å²) in [6.07, 6.45) is 0. The first-order valence-corrected chi connectivity index (χ1v) is 21.3. The fraction of sp³-hybridized carbons (Fsp3) is 0. The van der Waals surface area contributed by atoms with Crippen molar-refractivity contribution in [2.24, 2.45) is 0 Å². The van der Waals surface area contributed by atoms with Gasteiger partial charge in [-0.15, -0.1) is 0 Å². The molecule has 12 aromatic rings. The predicted octanol–water partition coefficient (Wildman–Crippen LogP) is 17.2. The van der Waals surface area contributed by atoms with Crippen LogP contribution in [0.2, 0.25) is 0 Å². The average Bonchev–Trinajstić information content (AvgIpc) is 3.73. The summed E-state index contributed by atoms with van der Waals surface area (Å²) in [5.41, 5.74) is 14.4. The lowest BCUT2D eigenvalue weighted by Gasteiger charge is -2.29. The summed E-state index contributed by atoms with van der Waals surface area (Å²) >= 11 is 0. The van der Waals surface area contributed by atoms with E-state index in [2.05, 4.69) is 235 Å². The van der Waals surface area contributed by atoms with Crippen LogP contribution in [0, 0.1) is 0 Å². The van der Waals surface area contributed by atoms with Gasteiger partial charge in [-0.1, -0.05) is 194 Å². The maximum Gasteiger partial charge on any atom is 0.143 e. The van der Waals surface area contributed by atoms with Gasteiger partial charge in [0, 0.05) is 33.3 Å². The Morgan fingerprint density at radius 3 is 1.68 bits per heavy atom. The summed E-state index contributed by atoms with van der Waals surface area (Å²) in [4.78, 5) is 2.42. The second-order valence-electron chi connectivity index (χ2n) is 16.0. The molecule has 0 saturated heterocycles. The Kier molecular flexibility index (Phi) is 8.53. The molecule has 0 saturated carbocycles. The first kappa shape index (κ1) is 35.7. The third-order valence-corrected chi connectivity index (χ3v) is 12.4. The van der Waals surface area contributed by atoms with E-state index in [-0.39, 0.29) is 0 Å². The first-order valence-electron chi connectivity index (χ1n) is 21.3. The Morgan fingerprint density at radius 2 is 0.855 bits per heavy atom. The van der Waals surface area contributed by atoms with Crippen LogP contribution in [-0.2, 0) is 0 Å². The Labute approximate surface area is 360 Å². The number of hydrogen-bond acceptors (Lipinski definition) is 2. The summed E-state index contributed by atoms with van der Waals surface area (Å²) in [6, 6.07) is 85.6. The number of rotatable bonds is 7. The van der Waals surface area contributed by atoms with Crippen molar-refractivity contribution in [3.8, 4) is 44.5 Å². The molecule has 12 rings (SSSR count). The van der Waals surface area contributed by atoms with Crippen LogP contribution in [0.1, 0.15) is 0 Å². The lowest BCUT2D eigenvalue weighted by molar-refractivity contribution is 0.670. The van der Waals surface area contributed by atoms with Crippen LogP contribution in [0.4, 0.5) is 17.1 Å². The molecule has 2 nitrogen and oxygen atoms in total. The Balaban J connectivity index is 1.10. The third kappa shape index (κ3) is 5.96. The van der Waals surface area contributed by atoms with Gasteiger partial charge in [-0.25, -0.2) is 0 Å². The zero-order valence-corrected chi connectivity index (χ0v) is 33.9. The van der Waals surface area contributed by atoms with Crippen molar-refractivity contribution < 1.29 is 4.42 Å². The number of anilines is 3. The molecule has 11 aromatic carbocycles. The molecule has 0 N–H and O–H groups in total. The summed E-state index contributed by atoms with van der Waals surface area (Å²) in [5.74, 6) is 0. The van der Waals surface area contributed by atoms with Crippen LogP contribution >= 0.6 is 0 Å². The molecule has 0 aliphatic carbocycles. The monoisotopic (exact) mass is 789 g/mol. The SMILES string of the molecule is c1ccc(-c2c(-c3ccccc3)c3cc(-c4ccccc4N(c4cccc(-c5cccc6c5oc5ccccc56)c4)c4ccc5ccccc5c4)ccc3c3ccccc23)cc1. The lowest BCUT2D eigenvalue weighted by Crippen LogP contribution is -2.11. The fourth-order valence-electron chi connectivity index (χ4n) is 9.61. The molecule has 0 unspecified atom stereocenters. The molecule has 0 aliphatic heterocycles. The molecule has 1 aromatic heterocycles. The van der Waals surface area contributed by atoms with Gasteiger partial charge in [0.15, 0.2) is 0 Å². The van der Waals surface area contributed by atoms with Crippen LogP contribution < -0.4 is 4.90 Å². The Bertz CT molecular complexity index is 3640. The number of para-hydroxylation sites is 3. The Hall–Kier alpha value is -8.20. The van der Waals surface area contributed by atoms with E-state index in [0.717, 1.165) is 61.3 Å². The maximum atomic E-state index is 6.56. The topological polar surface area (TPSA) is 16.4 Å². The van der Waals surface area contributed by atoms with Gasteiger partial charge >= 0.3 is 0 Å². The van der Waals surface area contributed by atoms with Crippen LogP contribution in [0.5, 0.6) is 0 Å². The van der Waals surface area contributed by atoms with Gasteiger partial charge in [0.2, 0.25) is 0 Å². The molecular formula is C60H39NO. The standard InChI is InChI=1S/C60H39NO/c1-3-18-41(19-4-1)58-53-28-10-9-26-50(53)51-36-34-45(39-55(51)59(58)42-20-5-2-6-21-42)48-25-11-13-31-56(48)61(47-35-33-40-17-7-8-22-43(40)37-47)46-24-15-23-44(38-46)49-29-16-30-54-52-27-12-14-32-57(52)62-60(49)54/h1-39H. The largest absolute Gasteiger partial charge is 0.455 e. The molecule has 0 aliphatic rings. The van der Waals surface area contributed by atoms with Gasteiger partial charge in [0.1, 0.15) is 11.2 Å². The van der Waals surface area contributed by atoms with Crippen molar-refractivity contribution in [1.82, 2.24) is 0 Å². The predicted molar refractivity (Wildman–Crippen MR) is 263 cm³/mol. The minimum atomic E-state index is 0.896. The fourth-order valence-corrected chi connectivity index (χ4v) is 9.61. The first-order chi connectivity index (χ1) is 30.8. The van der Waals surface area contributed by atoms with Gasteiger partial charge in [-0.3, -0.25) is 0 Å². The maximum absolute atomic E-state index is 6.56. The highest BCUT2D eigenvalue weighted by atomic mass is 16.3. The van der Waals surface area contributed by atoms with Gasteiger partial charge in [-0.05, 0) is 108 Å². The van der Waals surface area contributed by atoms with Gasteiger partial charge < -0.3 is 9.32 Å². The van der Waals surface area contributed by atoms with E-state index < -0.39 is 0 Å². The zero-order valence-electron chi connectivity index (χ0n) is 33.9. The molecule has 0 spiro atoms. The number of hydrogen-bond donors (Lipinski definition) is 0. The van der Waals surface area contributed by atoms with Gasteiger partial charge in [0.25, 0.3) is 0 Å². The zero-order chi connectivity index (χ0) is 41.0. The molecule has 0 radical (unpaired) electrons. The molecular weight excluding hydrogens is 751 g/mol. The second kappa shape index (κ2) is 14.8. The quantitative estimate of drug-likeness (QED) is 0.150. The van der Waals surface area contributed by atoms with Crippen molar-refractivity contribution in [2.75, 3.05) is 4.90 Å². The molecule has 0 fully saturated rings. The van der Waals surface area contributed by atoms with E-state index in [9.17, 15) is 0 Å². The van der Waals surface area contributed by atoms with Crippen molar-refractivity contribution in [3.05, 3.63) is 237 Å². The van der Waals surface area contributed by atoms with Crippen molar-refractivity contribution in [3.63, 3.8) is 0 Å². The third-order valence-electron chi connectivity index (χ3n) is 12.4. The highest BCUT2D eigenvalue weighted by Gasteiger charge is 2.22. The van der Waals surface area contributed by atoms with E-state index in [1.54, 1.807) is 0 Å². The minimum Gasteiger partial charge on any atom is -0.455 e. The van der Waals surface area contributed by atoms with Crippen LogP contribution in [0.15, 0.2) is 241 Å². The Morgan fingerprint density at radius 1 is 0.290 bits per heavy atom. The number of benzene rings is 11. The highest BCUT2D eigenvalue weighted by Crippen LogP contribution is 2.48. The number of fused-ring (bicyclic) bond motifs is 7. The van der Waals surface area contributed by atoms with Crippen LogP contribution in [0.3, 0.4) is 0 Å². The molecule has 290 valence electrons. The van der Waals surface area contributed by atoms with Crippen molar-refractivity contribution >= 4 is 71.3 Å². The summed E-state index contributed by atoms with van der Waals surface area (Å²) < 4.78 is 6.56. The van der Waals surface area contributed by atoms with Crippen molar-refractivity contribution in [2.45, 2.75) is 0 Å². The van der Waals surface area contributed by atoms with Crippen LogP contribution in [-0.4, -0.2) is 0 Å². The van der Waals surface area contributed by atoms with Gasteiger partial charge in [-0.2, -0.15) is 0 Å². The highest BCUT2D eigenvalue weighted by molar-refractivity contribution is 6.22. The van der Waals surface area contributed by atoms with Gasteiger partial charge in [0.05, 0.1) is 5.69 Å². The summed E-state index contributed by atoms with van der Waals surface area (Å²) in [6.45, 7) is 0. The molecule has 0 atom stereocenters. The smallest absolute Gasteiger partial charge is 0.143 e. The van der Waals surface area contributed by atoms with E-state index in [1.165, 1.54) is 54.6 Å². The van der Waals surface area contributed by atoms with E-state index in [1.807, 2.05) is 6.07 Å². The molecule has 0 amide bonds. The van der Waals surface area contributed by atoms with Crippen LogP contribution in [0.25, 0.3) is 98.8 Å². The minimum absolute atomic E-state index is 0.896. The number of nitrogens with zero attached hydrogens (tertiary/aromatic N) is 1. The lowest BCUT2D eigenvalue weighted by atomic mass is 9.84. The second-order valence-corrected chi connectivity index (χ2v) is 16.0. The molecule has 62 heavy (non-hydrogen) atoms. The summed E-state index contributed by atoms with van der Waals surface area (Å²) in [5, 5.41) is 9.59.